The number of amides is 1. The number of likely N-dealkylation sites (tertiary alicyclic amines) is 1. The lowest BCUT2D eigenvalue weighted by Crippen LogP contribution is -2.50. The Hall–Kier alpha value is -3.25. The molecule has 1 amide bonds. The first-order chi connectivity index (χ1) is 16.7. The first-order valence-electron chi connectivity index (χ1n) is 11.9. The predicted octanol–water partition coefficient (Wildman–Crippen LogP) is 1.58. The van der Waals surface area contributed by atoms with Gasteiger partial charge < -0.3 is 20.3 Å². The number of ether oxygens (including phenoxy) is 1. The van der Waals surface area contributed by atoms with E-state index in [1.54, 1.807) is 6.20 Å². The summed E-state index contributed by atoms with van der Waals surface area (Å²) < 4.78 is 5.65. The molecule has 0 bridgehead atoms. The first-order valence-corrected chi connectivity index (χ1v) is 11.9. The lowest BCUT2D eigenvalue weighted by molar-refractivity contribution is -0.122. The van der Waals surface area contributed by atoms with Crippen molar-refractivity contribution in [3.63, 3.8) is 0 Å². The molecular weight excluding hydrogens is 428 g/mol. The van der Waals surface area contributed by atoms with E-state index in [0.717, 1.165) is 61.6 Å². The Morgan fingerprint density at radius 2 is 2.21 bits per heavy atom. The molecular formula is C26H30N6O2. The van der Waals surface area contributed by atoms with Crippen molar-refractivity contribution in [1.29, 1.82) is 5.26 Å². The van der Waals surface area contributed by atoms with Gasteiger partial charge in [0.1, 0.15) is 11.6 Å². The van der Waals surface area contributed by atoms with E-state index in [2.05, 4.69) is 37.6 Å². The van der Waals surface area contributed by atoms with E-state index in [9.17, 15) is 10.1 Å². The molecule has 1 aromatic rings. The molecule has 1 unspecified atom stereocenters. The summed E-state index contributed by atoms with van der Waals surface area (Å²) >= 11 is 0. The average Bonchev–Trinajstić information content (AvgIpc) is 2.90. The van der Waals surface area contributed by atoms with Gasteiger partial charge in [-0.05, 0) is 48.8 Å². The molecule has 1 aromatic heterocycles. The number of nitriles is 1. The Bertz CT molecular complexity index is 1070. The molecule has 0 saturated carbocycles. The first kappa shape index (κ1) is 22.5. The highest BCUT2D eigenvalue weighted by Gasteiger charge is 2.38. The van der Waals surface area contributed by atoms with Crippen molar-refractivity contribution in [1.82, 2.24) is 25.4 Å². The zero-order valence-corrected chi connectivity index (χ0v) is 19.2. The number of allylic oxidation sites excluding steroid dienone is 3. The topological polar surface area (TPSA) is 93.5 Å². The number of hydrogen-bond acceptors (Lipinski definition) is 7. The van der Waals surface area contributed by atoms with Gasteiger partial charge in [-0.15, -0.1) is 0 Å². The third-order valence-electron chi connectivity index (χ3n) is 6.94. The number of nitrogens with zero attached hydrogens (tertiary/aromatic N) is 4. The largest absolute Gasteiger partial charge is 0.356 e. The standard InChI is InChI=1S/C26H30N6O2/c27-19-26(23-6-1-3-9-29-23)7-12-31(13-8-26)17-20-15-21(18-32-11-4-2-5-22(20)32)25(33)30-24-16-28-10-14-34-24/h1-6,9,11,15,24,28H,7-8,10,12-14,16-18H2,(H,30,33). The fraction of sp³-hybridized carbons (Fsp3) is 0.423. The summed E-state index contributed by atoms with van der Waals surface area (Å²) in [6.45, 7) is 4.88. The van der Waals surface area contributed by atoms with Crippen molar-refractivity contribution in [2.45, 2.75) is 24.5 Å². The number of fused-ring (bicyclic) bond motifs is 1. The van der Waals surface area contributed by atoms with E-state index in [1.165, 1.54) is 0 Å². The van der Waals surface area contributed by atoms with Crippen LogP contribution in [0, 0.1) is 11.3 Å². The van der Waals surface area contributed by atoms with Crippen LogP contribution < -0.4 is 10.6 Å². The van der Waals surface area contributed by atoms with Gasteiger partial charge in [0.2, 0.25) is 0 Å². The second-order valence-electron chi connectivity index (χ2n) is 9.13. The summed E-state index contributed by atoms with van der Waals surface area (Å²) in [5.74, 6) is -0.0921. The van der Waals surface area contributed by atoms with Crippen molar-refractivity contribution in [2.24, 2.45) is 0 Å². The summed E-state index contributed by atoms with van der Waals surface area (Å²) in [4.78, 5) is 22.0. The highest BCUT2D eigenvalue weighted by Crippen LogP contribution is 2.34. The Kier molecular flexibility index (Phi) is 6.59. The van der Waals surface area contributed by atoms with Gasteiger partial charge in [-0.2, -0.15) is 5.26 Å². The van der Waals surface area contributed by atoms with Gasteiger partial charge in [0, 0.05) is 56.4 Å². The van der Waals surface area contributed by atoms with Crippen molar-refractivity contribution in [3.8, 4) is 6.07 Å². The predicted molar refractivity (Wildman–Crippen MR) is 128 cm³/mol. The molecule has 1 atom stereocenters. The number of morpholine rings is 1. The molecule has 34 heavy (non-hydrogen) atoms. The average molecular weight is 459 g/mol. The van der Waals surface area contributed by atoms with E-state index in [4.69, 9.17) is 4.74 Å². The molecule has 0 spiro atoms. The van der Waals surface area contributed by atoms with Gasteiger partial charge in [-0.1, -0.05) is 12.1 Å². The van der Waals surface area contributed by atoms with Crippen molar-refractivity contribution < 1.29 is 9.53 Å². The van der Waals surface area contributed by atoms with E-state index < -0.39 is 5.41 Å². The molecule has 0 aromatic carbocycles. The molecule has 4 aliphatic heterocycles. The number of nitrogens with one attached hydrogen (secondary N) is 2. The number of pyridine rings is 1. The van der Waals surface area contributed by atoms with E-state index in [0.29, 0.717) is 19.7 Å². The molecule has 4 aliphatic rings. The van der Waals surface area contributed by atoms with Crippen LogP contribution in [0.5, 0.6) is 0 Å². The number of rotatable bonds is 5. The minimum absolute atomic E-state index is 0.0921. The molecule has 2 N–H and O–H groups in total. The summed E-state index contributed by atoms with van der Waals surface area (Å²) in [7, 11) is 0. The van der Waals surface area contributed by atoms with Crippen LogP contribution in [0.25, 0.3) is 0 Å². The van der Waals surface area contributed by atoms with Crippen LogP contribution in [0.2, 0.25) is 0 Å². The fourth-order valence-corrected chi connectivity index (χ4v) is 4.98. The number of carbonyl (C=O) groups excluding carboxylic acids is 1. The second kappa shape index (κ2) is 9.94. The maximum atomic E-state index is 13.0. The number of carbonyl (C=O) groups is 1. The smallest absolute Gasteiger partial charge is 0.251 e. The highest BCUT2D eigenvalue weighted by molar-refractivity contribution is 5.95. The molecule has 5 heterocycles. The van der Waals surface area contributed by atoms with E-state index in [1.807, 2.05) is 42.6 Å². The summed E-state index contributed by atoms with van der Waals surface area (Å²) in [6.07, 6.45) is 13.1. The summed E-state index contributed by atoms with van der Waals surface area (Å²) in [6, 6.07) is 8.35. The third-order valence-corrected chi connectivity index (χ3v) is 6.94. The van der Waals surface area contributed by atoms with Gasteiger partial charge in [-0.3, -0.25) is 14.7 Å². The molecule has 176 valence electrons. The number of hydrogen-bond donors (Lipinski definition) is 2. The SMILES string of the molecule is N#CC1(c2ccccn2)CCN(CC2=C3C=CC=CN3CC(C(=O)NC3CNCCO3)=C2)CC1. The van der Waals surface area contributed by atoms with Gasteiger partial charge in [-0.25, -0.2) is 0 Å². The Morgan fingerprint density at radius 1 is 1.32 bits per heavy atom. The monoisotopic (exact) mass is 458 g/mol. The minimum Gasteiger partial charge on any atom is -0.356 e. The maximum absolute atomic E-state index is 13.0. The van der Waals surface area contributed by atoms with E-state index >= 15 is 0 Å². The molecule has 8 nitrogen and oxygen atoms in total. The molecule has 0 aliphatic carbocycles. The second-order valence-corrected chi connectivity index (χ2v) is 9.13. The maximum Gasteiger partial charge on any atom is 0.251 e. The summed E-state index contributed by atoms with van der Waals surface area (Å²) in [5.41, 5.74) is 3.29. The van der Waals surface area contributed by atoms with Crippen LogP contribution in [0.1, 0.15) is 18.5 Å². The molecule has 2 saturated heterocycles. The van der Waals surface area contributed by atoms with Crippen molar-refractivity contribution >= 4 is 5.91 Å². The Morgan fingerprint density at radius 3 is 2.94 bits per heavy atom. The zero-order valence-electron chi connectivity index (χ0n) is 19.2. The lowest BCUT2D eigenvalue weighted by atomic mass is 9.76. The summed E-state index contributed by atoms with van der Waals surface area (Å²) in [5, 5.41) is 16.2. The Balaban J connectivity index is 1.30. The van der Waals surface area contributed by atoms with Crippen LogP contribution in [-0.4, -0.2) is 72.8 Å². The zero-order chi connectivity index (χ0) is 23.4. The molecule has 5 rings (SSSR count). The van der Waals surface area contributed by atoms with Gasteiger partial charge >= 0.3 is 0 Å². The number of piperidine rings is 1. The van der Waals surface area contributed by atoms with E-state index in [-0.39, 0.29) is 12.1 Å². The minimum atomic E-state index is -0.531. The fourth-order valence-electron chi connectivity index (χ4n) is 4.98. The van der Waals surface area contributed by atoms with Gasteiger partial charge in [0.25, 0.3) is 5.91 Å². The van der Waals surface area contributed by atoms with Crippen LogP contribution in [0.15, 0.2) is 71.7 Å². The van der Waals surface area contributed by atoms with Gasteiger partial charge in [0.05, 0.1) is 24.9 Å². The van der Waals surface area contributed by atoms with Crippen molar-refractivity contribution in [3.05, 3.63) is 77.4 Å². The lowest BCUT2D eigenvalue weighted by Gasteiger charge is -2.38. The molecule has 8 heteroatoms. The van der Waals surface area contributed by atoms with Crippen LogP contribution in [0.3, 0.4) is 0 Å². The Labute approximate surface area is 200 Å². The van der Waals surface area contributed by atoms with Crippen LogP contribution >= 0.6 is 0 Å². The van der Waals surface area contributed by atoms with Crippen LogP contribution in [-0.2, 0) is 14.9 Å². The quantitative estimate of drug-likeness (QED) is 0.692. The normalized spacial score (nSPS) is 24.3. The van der Waals surface area contributed by atoms with Crippen LogP contribution in [0.4, 0.5) is 0 Å². The van der Waals surface area contributed by atoms with Crippen molar-refractivity contribution in [2.75, 3.05) is 45.9 Å². The highest BCUT2D eigenvalue weighted by atomic mass is 16.5. The third kappa shape index (κ3) is 4.68. The molecule has 0 radical (unpaired) electrons. The number of aromatic nitrogens is 1. The van der Waals surface area contributed by atoms with Gasteiger partial charge in [0.15, 0.2) is 0 Å². The molecule has 2 fully saturated rings.